The molecule has 0 aliphatic heterocycles. The van der Waals surface area contributed by atoms with Gasteiger partial charge in [0.2, 0.25) is 0 Å². The van der Waals surface area contributed by atoms with Crippen LogP contribution in [0.5, 0.6) is 5.75 Å². The summed E-state index contributed by atoms with van der Waals surface area (Å²) in [5.41, 5.74) is 1.55. The largest absolute Gasteiger partial charge is 0.479 e. The molecule has 25 heavy (non-hydrogen) atoms. The molecule has 0 saturated carbocycles. The molecule has 6 nitrogen and oxygen atoms in total. The maximum Gasteiger partial charge on any atom is 0.344 e. The van der Waals surface area contributed by atoms with Gasteiger partial charge in [0.05, 0.1) is 23.4 Å². The van der Waals surface area contributed by atoms with Gasteiger partial charge in [0.15, 0.2) is 6.10 Å². The van der Waals surface area contributed by atoms with E-state index in [2.05, 4.69) is 9.73 Å². The van der Waals surface area contributed by atoms with Crippen LogP contribution in [0.1, 0.15) is 22.8 Å². The van der Waals surface area contributed by atoms with E-state index in [1.807, 2.05) is 0 Å². The van der Waals surface area contributed by atoms with Crippen LogP contribution in [0.3, 0.4) is 0 Å². The number of methoxy groups -OCH3 is 1. The van der Waals surface area contributed by atoms with Gasteiger partial charge in [-0.25, -0.2) is 9.59 Å². The first-order valence-corrected chi connectivity index (χ1v) is 7.70. The SMILES string of the molecule is COC(=O)c1ccc(Cl)c(N=Cc2ccc(O[C@@H](C)C(=O)O)cc2)c1. The molecule has 0 amide bonds. The quantitative estimate of drug-likeness (QED) is 0.626. The van der Waals surface area contributed by atoms with Gasteiger partial charge in [0.25, 0.3) is 0 Å². The summed E-state index contributed by atoms with van der Waals surface area (Å²) in [4.78, 5) is 26.6. The number of halogens is 1. The lowest BCUT2D eigenvalue weighted by Gasteiger charge is -2.10. The van der Waals surface area contributed by atoms with Crippen LogP contribution in [0.15, 0.2) is 47.5 Å². The number of rotatable bonds is 6. The zero-order valence-corrected chi connectivity index (χ0v) is 14.4. The lowest BCUT2D eigenvalue weighted by atomic mass is 10.2. The number of carbonyl (C=O) groups excluding carboxylic acids is 1. The highest BCUT2D eigenvalue weighted by Gasteiger charge is 2.12. The molecule has 2 rings (SSSR count). The monoisotopic (exact) mass is 361 g/mol. The molecule has 0 aliphatic rings. The summed E-state index contributed by atoms with van der Waals surface area (Å²) in [6.07, 6.45) is 0.645. The fraction of sp³-hybridized carbons (Fsp3) is 0.167. The predicted molar refractivity (Wildman–Crippen MR) is 94.2 cm³/mol. The summed E-state index contributed by atoms with van der Waals surface area (Å²) in [6.45, 7) is 1.45. The van der Waals surface area contributed by atoms with Crippen LogP contribution in [0, 0.1) is 0 Å². The van der Waals surface area contributed by atoms with Gasteiger partial charge in [-0.2, -0.15) is 0 Å². The van der Waals surface area contributed by atoms with Gasteiger partial charge in [-0.1, -0.05) is 11.6 Å². The lowest BCUT2D eigenvalue weighted by Crippen LogP contribution is -2.22. The third kappa shape index (κ3) is 5.06. The number of aliphatic carboxylic acids is 1. The third-order valence-electron chi connectivity index (χ3n) is 3.26. The molecular formula is C18H16ClNO5. The Hall–Kier alpha value is -2.86. The predicted octanol–water partition coefficient (Wildman–Crippen LogP) is 3.73. The number of aliphatic imine (C=N–C) groups is 1. The molecule has 0 heterocycles. The van der Waals surface area contributed by atoms with Gasteiger partial charge in [0, 0.05) is 6.21 Å². The summed E-state index contributed by atoms with van der Waals surface area (Å²) in [6, 6.07) is 11.4. The number of carboxylic acids is 1. The van der Waals surface area contributed by atoms with Crippen molar-refractivity contribution in [2.75, 3.05) is 7.11 Å². The zero-order valence-electron chi connectivity index (χ0n) is 13.6. The second-order valence-electron chi connectivity index (χ2n) is 5.08. The number of carboxylic acid groups (broad SMARTS) is 1. The van der Waals surface area contributed by atoms with Crippen LogP contribution in [0.2, 0.25) is 5.02 Å². The highest BCUT2D eigenvalue weighted by molar-refractivity contribution is 6.33. The van der Waals surface area contributed by atoms with Gasteiger partial charge >= 0.3 is 11.9 Å². The van der Waals surface area contributed by atoms with E-state index in [-0.39, 0.29) is 0 Å². The van der Waals surface area contributed by atoms with E-state index in [1.54, 1.807) is 42.6 Å². The number of hydrogen-bond donors (Lipinski definition) is 1. The highest BCUT2D eigenvalue weighted by atomic mass is 35.5. The van der Waals surface area contributed by atoms with Crippen LogP contribution in [-0.4, -0.2) is 36.5 Å². The molecule has 0 bridgehead atoms. The molecule has 0 aliphatic carbocycles. The Kier molecular flexibility index (Phi) is 6.14. The molecular weight excluding hydrogens is 346 g/mol. The van der Waals surface area contributed by atoms with E-state index in [9.17, 15) is 9.59 Å². The van der Waals surface area contributed by atoms with Crippen molar-refractivity contribution in [3.63, 3.8) is 0 Å². The smallest absolute Gasteiger partial charge is 0.344 e. The number of hydrogen-bond acceptors (Lipinski definition) is 5. The minimum absolute atomic E-state index is 0.352. The molecule has 130 valence electrons. The summed E-state index contributed by atoms with van der Waals surface area (Å²) in [5, 5.41) is 9.22. The molecule has 7 heteroatoms. The Balaban J connectivity index is 2.14. The normalized spacial score (nSPS) is 12.0. The lowest BCUT2D eigenvalue weighted by molar-refractivity contribution is -0.144. The standard InChI is InChI=1S/C18H16ClNO5/c1-11(17(21)22)25-14-6-3-12(4-7-14)10-20-16-9-13(18(23)24-2)5-8-15(16)19/h3-11H,1-2H3,(H,21,22)/t11-/m0/s1. The first kappa shape index (κ1) is 18.5. The molecule has 1 atom stereocenters. The van der Waals surface area contributed by atoms with Crippen LogP contribution in [0.4, 0.5) is 5.69 Å². The van der Waals surface area contributed by atoms with E-state index in [1.165, 1.54) is 20.1 Å². The molecule has 0 fully saturated rings. The number of benzene rings is 2. The average Bonchev–Trinajstić information content (AvgIpc) is 2.61. The Morgan fingerprint density at radius 2 is 1.88 bits per heavy atom. The average molecular weight is 362 g/mol. The molecule has 2 aromatic rings. The van der Waals surface area contributed by atoms with Crippen LogP contribution in [0.25, 0.3) is 0 Å². The number of esters is 1. The number of ether oxygens (including phenoxy) is 2. The van der Waals surface area contributed by atoms with Crippen molar-refractivity contribution >= 4 is 35.4 Å². The topological polar surface area (TPSA) is 85.2 Å². The van der Waals surface area contributed by atoms with Crippen molar-refractivity contribution in [1.82, 2.24) is 0 Å². The molecule has 0 aromatic heterocycles. The van der Waals surface area contributed by atoms with Crippen molar-refractivity contribution < 1.29 is 24.2 Å². The summed E-state index contributed by atoms with van der Waals surface area (Å²) in [7, 11) is 1.30. The Morgan fingerprint density at radius 3 is 2.48 bits per heavy atom. The summed E-state index contributed by atoms with van der Waals surface area (Å²) < 4.78 is 9.92. The summed E-state index contributed by atoms with van der Waals surface area (Å²) >= 11 is 6.08. The van der Waals surface area contributed by atoms with E-state index in [4.69, 9.17) is 21.4 Å². The van der Waals surface area contributed by atoms with Gasteiger partial charge in [0.1, 0.15) is 5.75 Å². The van der Waals surface area contributed by atoms with Gasteiger partial charge in [-0.15, -0.1) is 0 Å². The minimum Gasteiger partial charge on any atom is -0.479 e. The Morgan fingerprint density at radius 1 is 1.20 bits per heavy atom. The van der Waals surface area contributed by atoms with E-state index in [0.29, 0.717) is 22.0 Å². The second-order valence-corrected chi connectivity index (χ2v) is 5.49. The van der Waals surface area contributed by atoms with Crippen molar-refractivity contribution in [1.29, 1.82) is 0 Å². The zero-order chi connectivity index (χ0) is 18.4. The fourth-order valence-corrected chi connectivity index (χ4v) is 2.05. The second kappa shape index (κ2) is 8.30. The maximum atomic E-state index is 11.6. The van der Waals surface area contributed by atoms with E-state index >= 15 is 0 Å². The molecule has 0 unspecified atom stereocenters. The molecule has 0 spiro atoms. The Bertz CT molecular complexity index is 802. The maximum absolute atomic E-state index is 11.6. The number of carbonyl (C=O) groups is 2. The van der Waals surface area contributed by atoms with Gasteiger partial charge < -0.3 is 14.6 Å². The van der Waals surface area contributed by atoms with Gasteiger partial charge in [-0.05, 0) is 55.0 Å². The van der Waals surface area contributed by atoms with Crippen molar-refractivity contribution in [2.24, 2.45) is 4.99 Å². The van der Waals surface area contributed by atoms with Crippen LogP contribution < -0.4 is 4.74 Å². The molecule has 2 aromatic carbocycles. The van der Waals surface area contributed by atoms with E-state index < -0.39 is 18.0 Å². The van der Waals surface area contributed by atoms with Crippen molar-refractivity contribution in [2.45, 2.75) is 13.0 Å². The van der Waals surface area contributed by atoms with Gasteiger partial charge in [-0.3, -0.25) is 4.99 Å². The molecule has 0 radical (unpaired) electrons. The van der Waals surface area contributed by atoms with Crippen molar-refractivity contribution in [3.05, 3.63) is 58.6 Å². The fourth-order valence-electron chi connectivity index (χ4n) is 1.89. The van der Waals surface area contributed by atoms with Crippen molar-refractivity contribution in [3.8, 4) is 5.75 Å². The summed E-state index contributed by atoms with van der Waals surface area (Å²) in [5.74, 6) is -1.06. The number of nitrogens with zero attached hydrogens (tertiary/aromatic N) is 1. The molecule has 1 N–H and O–H groups in total. The highest BCUT2D eigenvalue weighted by Crippen LogP contribution is 2.26. The van der Waals surface area contributed by atoms with E-state index in [0.717, 1.165) is 5.56 Å². The third-order valence-corrected chi connectivity index (χ3v) is 3.58. The first-order chi connectivity index (χ1) is 11.9. The first-order valence-electron chi connectivity index (χ1n) is 7.32. The van der Waals surface area contributed by atoms with Crippen LogP contribution in [-0.2, 0) is 9.53 Å². The van der Waals surface area contributed by atoms with Crippen LogP contribution >= 0.6 is 11.6 Å². The molecule has 0 saturated heterocycles. The Labute approximate surface area is 149 Å². The minimum atomic E-state index is -1.04.